The van der Waals surface area contributed by atoms with Gasteiger partial charge in [0.1, 0.15) is 12.6 Å². The van der Waals surface area contributed by atoms with Gasteiger partial charge in [0, 0.05) is 29.1 Å². The SMILES string of the molecule is CCNC(=O)C(CC)N(Cc1ccccc1Cl)C(=O)CN1C(=O)c2cccc3cccc1c23. The molecule has 33 heavy (non-hydrogen) atoms. The summed E-state index contributed by atoms with van der Waals surface area (Å²) in [6.45, 7) is 4.18. The van der Waals surface area contributed by atoms with Gasteiger partial charge in [-0.3, -0.25) is 19.3 Å². The summed E-state index contributed by atoms with van der Waals surface area (Å²) in [5, 5.41) is 5.15. The fourth-order valence-corrected chi connectivity index (χ4v) is 4.58. The van der Waals surface area contributed by atoms with Crippen molar-refractivity contribution in [2.45, 2.75) is 32.9 Å². The quantitative estimate of drug-likeness (QED) is 0.538. The highest BCUT2D eigenvalue weighted by atomic mass is 35.5. The number of likely N-dealkylation sites (N-methyl/N-ethyl adjacent to an activating group) is 1. The van der Waals surface area contributed by atoms with Gasteiger partial charge in [0.05, 0.1) is 5.69 Å². The average molecular weight is 464 g/mol. The molecule has 6 nitrogen and oxygen atoms in total. The predicted octanol–water partition coefficient (Wildman–Crippen LogP) is 4.40. The number of carbonyl (C=O) groups is 3. The summed E-state index contributed by atoms with van der Waals surface area (Å²) >= 11 is 6.37. The van der Waals surface area contributed by atoms with Gasteiger partial charge in [0.25, 0.3) is 5.91 Å². The average Bonchev–Trinajstić information content (AvgIpc) is 3.08. The van der Waals surface area contributed by atoms with Crippen LogP contribution in [-0.2, 0) is 16.1 Å². The Morgan fingerprint density at radius 1 is 1.03 bits per heavy atom. The molecule has 7 heteroatoms. The molecule has 3 aromatic carbocycles. The van der Waals surface area contributed by atoms with Gasteiger partial charge in [-0.15, -0.1) is 0 Å². The van der Waals surface area contributed by atoms with E-state index in [0.29, 0.717) is 29.2 Å². The van der Waals surface area contributed by atoms with Crippen LogP contribution in [0.1, 0.15) is 36.2 Å². The number of hydrogen-bond acceptors (Lipinski definition) is 3. The fourth-order valence-electron chi connectivity index (χ4n) is 4.38. The molecule has 0 spiro atoms. The lowest BCUT2D eigenvalue weighted by atomic mass is 10.1. The van der Waals surface area contributed by atoms with E-state index in [2.05, 4.69) is 5.32 Å². The maximum absolute atomic E-state index is 13.6. The summed E-state index contributed by atoms with van der Waals surface area (Å²) in [6, 6.07) is 17.8. The summed E-state index contributed by atoms with van der Waals surface area (Å²) in [4.78, 5) is 42.7. The zero-order valence-corrected chi connectivity index (χ0v) is 19.4. The molecule has 1 heterocycles. The van der Waals surface area contributed by atoms with Crippen molar-refractivity contribution in [3.63, 3.8) is 0 Å². The van der Waals surface area contributed by atoms with E-state index in [-0.39, 0.29) is 30.8 Å². The number of halogens is 1. The molecule has 1 unspecified atom stereocenters. The van der Waals surface area contributed by atoms with Gasteiger partial charge in [0.2, 0.25) is 11.8 Å². The Morgan fingerprint density at radius 2 is 1.76 bits per heavy atom. The molecular formula is C26H26ClN3O3. The molecule has 1 N–H and O–H groups in total. The second kappa shape index (κ2) is 9.63. The molecule has 0 radical (unpaired) electrons. The van der Waals surface area contributed by atoms with E-state index in [0.717, 1.165) is 16.3 Å². The smallest absolute Gasteiger partial charge is 0.259 e. The molecule has 170 valence electrons. The Bertz CT molecular complexity index is 1220. The van der Waals surface area contributed by atoms with Crippen LogP contribution >= 0.6 is 11.6 Å². The maximum Gasteiger partial charge on any atom is 0.259 e. The van der Waals surface area contributed by atoms with Gasteiger partial charge < -0.3 is 10.2 Å². The molecule has 0 aliphatic carbocycles. The highest BCUT2D eigenvalue weighted by molar-refractivity contribution is 6.31. The minimum Gasteiger partial charge on any atom is -0.355 e. The van der Waals surface area contributed by atoms with E-state index in [1.165, 1.54) is 9.80 Å². The highest BCUT2D eigenvalue weighted by Gasteiger charge is 2.35. The Hall–Kier alpha value is -3.38. The third-order valence-corrected chi connectivity index (χ3v) is 6.35. The molecule has 0 bridgehead atoms. The Balaban J connectivity index is 1.67. The molecular weight excluding hydrogens is 438 g/mol. The minimum absolute atomic E-state index is 0.160. The number of rotatable bonds is 8. The van der Waals surface area contributed by atoms with Crippen LogP contribution in [0.5, 0.6) is 0 Å². The highest BCUT2D eigenvalue weighted by Crippen LogP contribution is 2.37. The van der Waals surface area contributed by atoms with Crippen molar-refractivity contribution in [1.29, 1.82) is 0 Å². The zero-order valence-electron chi connectivity index (χ0n) is 18.7. The molecule has 0 saturated heterocycles. The van der Waals surface area contributed by atoms with E-state index in [9.17, 15) is 14.4 Å². The topological polar surface area (TPSA) is 69.7 Å². The number of nitrogens with one attached hydrogen (secondary N) is 1. The zero-order chi connectivity index (χ0) is 23.5. The maximum atomic E-state index is 13.6. The van der Waals surface area contributed by atoms with Crippen molar-refractivity contribution in [3.05, 3.63) is 76.8 Å². The summed E-state index contributed by atoms with van der Waals surface area (Å²) in [5.41, 5.74) is 2.04. The molecule has 3 aromatic rings. The van der Waals surface area contributed by atoms with E-state index in [1.807, 2.05) is 62.4 Å². The molecule has 3 amide bonds. The van der Waals surface area contributed by atoms with Crippen molar-refractivity contribution in [1.82, 2.24) is 10.2 Å². The molecule has 0 saturated carbocycles. The first-order valence-electron chi connectivity index (χ1n) is 11.1. The summed E-state index contributed by atoms with van der Waals surface area (Å²) in [6.07, 6.45) is 0.436. The monoisotopic (exact) mass is 463 g/mol. The Kier molecular flexibility index (Phi) is 6.65. The first-order valence-corrected chi connectivity index (χ1v) is 11.5. The lowest BCUT2D eigenvalue weighted by Crippen LogP contribution is -2.52. The molecule has 0 fully saturated rings. The van der Waals surface area contributed by atoms with Crippen LogP contribution in [0.2, 0.25) is 5.02 Å². The Labute approximate surface area is 198 Å². The van der Waals surface area contributed by atoms with E-state index >= 15 is 0 Å². The summed E-state index contributed by atoms with van der Waals surface area (Å²) < 4.78 is 0. The van der Waals surface area contributed by atoms with Gasteiger partial charge in [-0.2, -0.15) is 0 Å². The molecule has 1 aliphatic rings. The number of nitrogens with zero attached hydrogens (tertiary/aromatic N) is 2. The summed E-state index contributed by atoms with van der Waals surface area (Å²) in [7, 11) is 0. The van der Waals surface area contributed by atoms with Crippen molar-refractivity contribution in [3.8, 4) is 0 Å². The molecule has 4 rings (SSSR count). The number of amides is 3. The van der Waals surface area contributed by atoms with Gasteiger partial charge in [0.15, 0.2) is 0 Å². The molecule has 1 aliphatic heterocycles. The largest absolute Gasteiger partial charge is 0.355 e. The van der Waals surface area contributed by atoms with Gasteiger partial charge >= 0.3 is 0 Å². The van der Waals surface area contributed by atoms with E-state index < -0.39 is 6.04 Å². The first kappa shape index (κ1) is 22.8. The third kappa shape index (κ3) is 4.31. The fraction of sp³-hybridized carbons (Fsp3) is 0.269. The molecule has 1 atom stereocenters. The van der Waals surface area contributed by atoms with Crippen LogP contribution in [0.3, 0.4) is 0 Å². The summed E-state index contributed by atoms with van der Waals surface area (Å²) in [5.74, 6) is -0.747. The van der Waals surface area contributed by atoms with Crippen molar-refractivity contribution < 1.29 is 14.4 Å². The van der Waals surface area contributed by atoms with Crippen molar-refractivity contribution >= 4 is 45.8 Å². The minimum atomic E-state index is -0.676. The number of anilines is 1. The van der Waals surface area contributed by atoms with Crippen LogP contribution in [0.25, 0.3) is 10.8 Å². The van der Waals surface area contributed by atoms with Crippen LogP contribution in [-0.4, -0.2) is 41.8 Å². The second-order valence-electron chi connectivity index (χ2n) is 8.00. The van der Waals surface area contributed by atoms with Crippen LogP contribution in [0.4, 0.5) is 5.69 Å². The van der Waals surface area contributed by atoms with Crippen molar-refractivity contribution in [2.24, 2.45) is 0 Å². The lowest BCUT2D eigenvalue weighted by Gasteiger charge is -2.32. The van der Waals surface area contributed by atoms with Crippen LogP contribution in [0, 0.1) is 0 Å². The van der Waals surface area contributed by atoms with Crippen LogP contribution in [0.15, 0.2) is 60.7 Å². The number of benzene rings is 3. The van der Waals surface area contributed by atoms with Crippen molar-refractivity contribution in [2.75, 3.05) is 18.0 Å². The van der Waals surface area contributed by atoms with E-state index in [1.54, 1.807) is 12.1 Å². The predicted molar refractivity (Wildman–Crippen MR) is 130 cm³/mol. The number of hydrogen-bond donors (Lipinski definition) is 1. The van der Waals surface area contributed by atoms with Gasteiger partial charge in [-0.05, 0) is 42.5 Å². The van der Waals surface area contributed by atoms with Gasteiger partial charge in [-0.1, -0.05) is 61.0 Å². The second-order valence-corrected chi connectivity index (χ2v) is 8.41. The lowest BCUT2D eigenvalue weighted by molar-refractivity contribution is -0.140. The molecule has 0 aromatic heterocycles. The Morgan fingerprint density at radius 3 is 2.45 bits per heavy atom. The van der Waals surface area contributed by atoms with Crippen LogP contribution < -0.4 is 10.2 Å². The first-order chi connectivity index (χ1) is 16.0. The standard InChI is InChI=1S/C26H26ClN3O3/c1-3-21(25(32)28-4-2)29(15-18-9-5-6-13-20(18)27)23(31)16-30-22-14-8-11-17-10-7-12-19(24(17)22)26(30)33/h5-14,21H,3-4,15-16H2,1-2H3,(H,28,32). The van der Waals surface area contributed by atoms with Gasteiger partial charge in [-0.25, -0.2) is 0 Å². The van der Waals surface area contributed by atoms with E-state index in [4.69, 9.17) is 11.6 Å². The third-order valence-electron chi connectivity index (χ3n) is 5.98. The number of carbonyl (C=O) groups excluding carboxylic acids is 3. The normalized spacial score (nSPS) is 13.3.